The maximum absolute atomic E-state index is 12.5. The van der Waals surface area contributed by atoms with Crippen LogP contribution in [0.15, 0.2) is 0 Å². The molecule has 3 nitrogen and oxygen atoms in total. The monoisotopic (exact) mass is 240 g/mol. The van der Waals surface area contributed by atoms with Crippen LogP contribution in [0.2, 0.25) is 0 Å². The van der Waals surface area contributed by atoms with Crippen LogP contribution in [0, 0.1) is 5.92 Å². The van der Waals surface area contributed by atoms with E-state index in [1.54, 1.807) is 0 Å². The molecule has 0 bridgehead atoms. The largest absolute Gasteiger partial charge is 0.341 e. The highest BCUT2D eigenvalue weighted by atomic mass is 16.2. The molecule has 2 unspecified atom stereocenters. The molecule has 1 aliphatic carbocycles. The first-order valence-electron chi connectivity index (χ1n) is 6.92. The van der Waals surface area contributed by atoms with Gasteiger partial charge in [0.25, 0.3) is 0 Å². The smallest absolute Gasteiger partial charge is 0.242 e. The molecule has 1 rings (SSSR count). The Morgan fingerprint density at radius 3 is 2.47 bits per heavy atom. The van der Waals surface area contributed by atoms with Gasteiger partial charge < -0.3 is 10.2 Å². The fourth-order valence-electron chi connectivity index (χ4n) is 2.98. The average Bonchev–Trinajstić information content (AvgIpc) is 2.27. The van der Waals surface area contributed by atoms with Crippen molar-refractivity contribution in [1.29, 1.82) is 0 Å². The molecular weight excluding hydrogens is 212 g/mol. The first-order valence-corrected chi connectivity index (χ1v) is 6.92. The van der Waals surface area contributed by atoms with E-state index >= 15 is 0 Å². The van der Waals surface area contributed by atoms with Gasteiger partial charge >= 0.3 is 0 Å². The molecule has 0 aromatic heterocycles. The standard InChI is InChI=1S/C14H28N2O/c1-6-15-14(3,4)13(17)16(5)12-10-8-7-9-11(12)2/h11-12,15H,6-10H2,1-5H3. The van der Waals surface area contributed by atoms with E-state index in [1.165, 1.54) is 19.3 Å². The van der Waals surface area contributed by atoms with Gasteiger partial charge in [0, 0.05) is 13.1 Å². The second kappa shape index (κ2) is 5.85. The molecule has 0 aliphatic heterocycles. The van der Waals surface area contributed by atoms with Gasteiger partial charge in [0.2, 0.25) is 5.91 Å². The van der Waals surface area contributed by atoms with E-state index in [1.807, 2.05) is 32.7 Å². The van der Waals surface area contributed by atoms with Crippen molar-refractivity contribution in [3.8, 4) is 0 Å². The minimum atomic E-state index is -0.444. The first kappa shape index (κ1) is 14.5. The van der Waals surface area contributed by atoms with E-state index in [0.29, 0.717) is 12.0 Å². The van der Waals surface area contributed by atoms with Gasteiger partial charge in [-0.05, 0) is 39.2 Å². The molecule has 0 heterocycles. The van der Waals surface area contributed by atoms with Crippen LogP contribution in [-0.2, 0) is 4.79 Å². The summed E-state index contributed by atoms with van der Waals surface area (Å²) in [5.74, 6) is 0.855. The summed E-state index contributed by atoms with van der Waals surface area (Å²) in [6.07, 6.45) is 4.99. The first-order chi connectivity index (χ1) is 7.90. The van der Waals surface area contributed by atoms with Crippen molar-refractivity contribution in [2.75, 3.05) is 13.6 Å². The maximum atomic E-state index is 12.5. The predicted molar refractivity (Wildman–Crippen MR) is 71.9 cm³/mol. The Hall–Kier alpha value is -0.570. The minimum absolute atomic E-state index is 0.220. The number of carbonyl (C=O) groups excluding carboxylic acids is 1. The van der Waals surface area contributed by atoms with Crippen LogP contribution in [0.3, 0.4) is 0 Å². The molecule has 17 heavy (non-hydrogen) atoms. The summed E-state index contributed by atoms with van der Waals surface area (Å²) >= 11 is 0. The van der Waals surface area contributed by atoms with Gasteiger partial charge in [-0.25, -0.2) is 0 Å². The molecule has 0 saturated heterocycles. The highest BCUT2D eigenvalue weighted by Crippen LogP contribution is 2.28. The topological polar surface area (TPSA) is 32.3 Å². The van der Waals surface area contributed by atoms with Crippen molar-refractivity contribution in [2.24, 2.45) is 5.92 Å². The molecule has 2 atom stereocenters. The lowest BCUT2D eigenvalue weighted by Gasteiger charge is -2.40. The summed E-state index contributed by atoms with van der Waals surface area (Å²) in [7, 11) is 1.97. The quantitative estimate of drug-likeness (QED) is 0.818. The molecule has 1 amide bonds. The maximum Gasteiger partial charge on any atom is 0.242 e. The lowest BCUT2D eigenvalue weighted by Crippen LogP contribution is -2.56. The summed E-state index contributed by atoms with van der Waals surface area (Å²) in [6.45, 7) is 9.09. The second-order valence-electron chi connectivity index (χ2n) is 5.90. The summed E-state index contributed by atoms with van der Waals surface area (Å²) < 4.78 is 0. The van der Waals surface area contributed by atoms with Crippen LogP contribution in [0.25, 0.3) is 0 Å². The van der Waals surface area contributed by atoms with Gasteiger partial charge in [-0.2, -0.15) is 0 Å². The van der Waals surface area contributed by atoms with E-state index in [0.717, 1.165) is 13.0 Å². The van der Waals surface area contributed by atoms with Crippen molar-refractivity contribution in [1.82, 2.24) is 10.2 Å². The zero-order chi connectivity index (χ0) is 13.1. The van der Waals surface area contributed by atoms with Gasteiger partial charge in [-0.1, -0.05) is 26.7 Å². The van der Waals surface area contributed by atoms with E-state index in [9.17, 15) is 4.79 Å². The normalized spacial score (nSPS) is 25.7. The molecule has 3 heteroatoms. The molecule has 0 radical (unpaired) electrons. The Morgan fingerprint density at radius 2 is 1.94 bits per heavy atom. The Bertz CT molecular complexity index is 263. The van der Waals surface area contributed by atoms with Gasteiger partial charge in [0.15, 0.2) is 0 Å². The summed E-state index contributed by atoms with van der Waals surface area (Å²) in [5, 5.41) is 3.27. The third-order valence-electron chi connectivity index (χ3n) is 4.04. The number of carbonyl (C=O) groups is 1. The van der Waals surface area contributed by atoms with E-state index in [-0.39, 0.29) is 5.91 Å². The molecule has 0 spiro atoms. The molecule has 1 fully saturated rings. The highest BCUT2D eigenvalue weighted by molar-refractivity contribution is 5.85. The number of hydrogen-bond acceptors (Lipinski definition) is 2. The zero-order valence-electron chi connectivity index (χ0n) is 12.0. The van der Waals surface area contributed by atoms with Crippen molar-refractivity contribution in [3.05, 3.63) is 0 Å². The Balaban J connectivity index is 2.67. The SMILES string of the molecule is CCNC(C)(C)C(=O)N(C)C1CCCCC1C. The number of nitrogens with one attached hydrogen (secondary N) is 1. The number of hydrogen-bond donors (Lipinski definition) is 1. The number of likely N-dealkylation sites (N-methyl/N-ethyl adjacent to an activating group) is 2. The zero-order valence-corrected chi connectivity index (χ0v) is 12.0. The van der Waals surface area contributed by atoms with Crippen molar-refractivity contribution < 1.29 is 4.79 Å². The van der Waals surface area contributed by atoms with Crippen LogP contribution < -0.4 is 5.32 Å². The van der Waals surface area contributed by atoms with Gasteiger partial charge in [-0.15, -0.1) is 0 Å². The lowest BCUT2D eigenvalue weighted by molar-refractivity contribution is -0.139. The summed E-state index contributed by atoms with van der Waals surface area (Å²) in [4.78, 5) is 14.4. The minimum Gasteiger partial charge on any atom is -0.341 e. The molecule has 0 aromatic rings. The van der Waals surface area contributed by atoms with Crippen LogP contribution in [0.4, 0.5) is 0 Å². The van der Waals surface area contributed by atoms with Gasteiger partial charge in [0.05, 0.1) is 5.54 Å². The fourth-order valence-corrected chi connectivity index (χ4v) is 2.98. The van der Waals surface area contributed by atoms with Crippen LogP contribution >= 0.6 is 0 Å². The number of amides is 1. The van der Waals surface area contributed by atoms with Crippen LogP contribution in [0.5, 0.6) is 0 Å². The molecule has 1 N–H and O–H groups in total. The van der Waals surface area contributed by atoms with Crippen LogP contribution in [-0.4, -0.2) is 36.0 Å². The van der Waals surface area contributed by atoms with E-state index in [4.69, 9.17) is 0 Å². The Morgan fingerprint density at radius 1 is 1.35 bits per heavy atom. The number of rotatable bonds is 4. The van der Waals surface area contributed by atoms with Gasteiger partial charge in [0.1, 0.15) is 0 Å². The molecular formula is C14H28N2O. The highest BCUT2D eigenvalue weighted by Gasteiger charge is 2.35. The molecule has 0 aromatic carbocycles. The van der Waals surface area contributed by atoms with E-state index in [2.05, 4.69) is 12.2 Å². The third-order valence-corrected chi connectivity index (χ3v) is 4.04. The van der Waals surface area contributed by atoms with Crippen molar-refractivity contribution in [3.63, 3.8) is 0 Å². The van der Waals surface area contributed by atoms with Crippen molar-refractivity contribution in [2.45, 2.75) is 65.0 Å². The average molecular weight is 240 g/mol. The third kappa shape index (κ3) is 3.44. The predicted octanol–water partition coefficient (Wildman–Crippen LogP) is 2.41. The van der Waals surface area contributed by atoms with E-state index < -0.39 is 5.54 Å². The fraction of sp³-hybridized carbons (Fsp3) is 0.929. The molecule has 1 aliphatic rings. The lowest BCUT2D eigenvalue weighted by atomic mass is 9.84. The van der Waals surface area contributed by atoms with Gasteiger partial charge in [-0.3, -0.25) is 4.79 Å². The molecule has 100 valence electrons. The Labute approximate surface area is 106 Å². The summed E-state index contributed by atoms with van der Waals surface area (Å²) in [6, 6.07) is 0.425. The molecule has 1 saturated carbocycles. The number of nitrogens with zero attached hydrogens (tertiary/aromatic N) is 1. The second-order valence-corrected chi connectivity index (χ2v) is 5.90. The Kier molecular flexibility index (Phi) is 4.99. The van der Waals surface area contributed by atoms with Crippen LogP contribution in [0.1, 0.15) is 53.4 Å². The summed E-state index contributed by atoms with van der Waals surface area (Å²) in [5.41, 5.74) is -0.444. The van der Waals surface area contributed by atoms with Crippen molar-refractivity contribution >= 4 is 5.91 Å².